The van der Waals surface area contributed by atoms with Gasteiger partial charge in [-0.3, -0.25) is 19.5 Å². The third-order valence-electron chi connectivity index (χ3n) is 6.17. The Hall–Kier alpha value is -4.05. The lowest BCUT2D eigenvalue weighted by molar-refractivity contribution is -0.385. The van der Waals surface area contributed by atoms with Crippen molar-refractivity contribution in [2.24, 2.45) is 10.9 Å². The van der Waals surface area contributed by atoms with Crippen molar-refractivity contribution >= 4 is 29.1 Å². The smallest absolute Gasteiger partial charge is 0.338 e. The van der Waals surface area contributed by atoms with Crippen LogP contribution in [0.25, 0.3) is 6.08 Å². The molecule has 1 atom stereocenters. The van der Waals surface area contributed by atoms with E-state index in [0.29, 0.717) is 34.0 Å². The highest BCUT2D eigenvalue weighted by atomic mass is 32.1. The summed E-state index contributed by atoms with van der Waals surface area (Å²) >= 11 is 1.12. The van der Waals surface area contributed by atoms with Crippen LogP contribution in [0.2, 0.25) is 0 Å². The van der Waals surface area contributed by atoms with Crippen LogP contribution in [0.15, 0.2) is 69.6 Å². The van der Waals surface area contributed by atoms with Gasteiger partial charge < -0.3 is 9.47 Å². The summed E-state index contributed by atoms with van der Waals surface area (Å²) in [6, 6.07) is 12.8. The molecule has 1 aliphatic heterocycles. The summed E-state index contributed by atoms with van der Waals surface area (Å²) in [6.45, 7) is 8.53. The molecule has 3 aromatic rings. The molecular weight excluding hydrogens is 518 g/mol. The molecular formula is C29H31N3O6S. The van der Waals surface area contributed by atoms with Crippen molar-refractivity contribution in [3.05, 3.63) is 101 Å². The molecule has 2 heterocycles. The molecule has 0 N–H and O–H groups in total. The van der Waals surface area contributed by atoms with Crippen molar-refractivity contribution in [3.8, 4) is 5.75 Å². The van der Waals surface area contributed by atoms with Gasteiger partial charge in [-0.25, -0.2) is 9.79 Å². The zero-order valence-electron chi connectivity index (χ0n) is 22.4. The minimum atomic E-state index is -0.779. The molecule has 1 unspecified atom stereocenters. The number of esters is 1. The number of benzene rings is 2. The first-order valence-corrected chi connectivity index (χ1v) is 13.7. The molecule has 0 amide bonds. The Morgan fingerprint density at radius 1 is 1.21 bits per heavy atom. The maximum Gasteiger partial charge on any atom is 0.338 e. The summed E-state index contributed by atoms with van der Waals surface area (Å²) < 4.78 is 13.1. The van der Waals surface area contributed by atoms with Crippen LogP contribution in [0.3, 0.4) is 0 Å². The van der Waals surface area contributed by atoms with Gasteiger partial charge >= 0.3 is 5.97 Å². The Bertz CT molecular complexity index is 1580. The minimum Gasteiger partial charge on any atom is -0.494 e. The molecule has 2 aromatic carbocycles. The molecule has 204 valence electrons. The monoisotopic (exact) mass is 549 g/mol. The second-order valence-corrected chi connectivity index (χ2v) is 10.7. The van der Waals surface area contributed by atoms with Crippen LogP contribution in [0.1, 0.15) is 57.7 Å². The van der Waals surface area contributed by atoms with Gasteiger partial charge in [0.1, 0.15) is 5.75 Å². The SMILES string of the molecule is CCCCOc1ccc(C2C(C(=O)OCC(C)C)=C(C)N=c3s/c(=C\c4ccccc4[N+](=O)[O-])c(=O)n32)cc1. The maximum atomic E-state index is 13.8. The zero-order valence-corrected chi connectivity index (χ0v) is 23.2. The summed E-state index contributed by atoms with van der Waals surface area (Å²) in [4.78, 5) is 43.1. The number of ether oxygens (including phenoxy) is 2. The van der Waals surface area contributed by atoms with Crippen LogP contribution < -0.4 is 19.6 Å². The van der Waals surface area contributed by atoms with E-state index in [4.69, 9.17) is 9.47 Å². The normalized spacial score (nSPS) is 15.2. The fraction of sp³-hybridized carbons (Fsp3) is 0.345. The molecule has 0 saturated heterocycles. The van der Waals surface area contributed by atoms with E-state index >= 15 is 0 Å². The van der Waals surface area contributed by atoms with Gasteiger partial charge in [0.05, 0.1) is 45.5 Å². The Morgan fingerprint density at radius 2 is 1.92 bits per heavy atom. The van der Waals surface area contributed by atoms with E-state index in [9.17, 15) is 19.7 Å². The quantitative estimate of drug-likeness (QED) is 0.159. The van der Waals surface area contributed by atoms with Crippen molar-refractivity contribution in [1.82, 2.24) is 4.57 Å². The van der Waals surface area contributed by atoms with Crippen molar-refractivity contribution in [3.63, 3.8) is 0 Å². The average Bonchev–Trinajstić information content (AvgIpc) is 3.21. The van der Waals surface area contributed by atoms with E-state index in [2.05, 4.69) is 11.9 Å². The number of carbonyl (C=O) groups excluding carboxylic acids is 1. The number of nitro groups is 1. The lowest BCUT2D eigenvalue weighted by Gasteiger charge is -2.25. The molecule has 0 saturated carbocycles. The number of para-hydroxylation sites is 1. The Labute approximate surface area is 229 Å². The average molecular weight is 550 g/mol. The summed E-state index contributed by atoms with van der Waals surface area (Å²) in [7, 11) is 0. The van der Waals surface area contributed by atoms with Gasteiger partial charge in [0.25, 0.3) is 11.2 Å². The minimum absolute atomic E-state index is 0.104. The second kappa shape index (κ2) is 12.2. The highest BCUT2D eigenvalue weighted by Crippen LogP contribution is 2.32. The summed E-state index contributed by atoms with van der Waals surface area (Å²) in [5, 5.41) is 11.5. The fourth-order valence-electron chi connectivity index (χ4n) is 4.22. The first-order valence-electron chi connectivity index (χ1n) is 12.9. The standard InChI is InChI=1S/C29H31N3O6S/c1-5-6-15-37-22-13-11-20(12-14-22)26-25(28(34)38-17-18(2)3)19(4)30-29-31(26)27(33)24(39-29)16-21-9-7-8-10-23(21)32(35)36/h7-14,16,18,26H,5-6,15,17H2,1-4H3/b24-16-. The molecule has 0 bridgehead atoms. The van der Waals surface area contributed by atoms with Gasteiger partial charge in [-0.05, 0) is 49.1 Å². The Balaban J connectivity index is 1.85. The van der Waals surface area contributed by atoms with Gasteiger partial charge in [-0.15, -0.1) is 0 Å². The van der Waals surface area contributed by atoms with E-state index in [1.807, 2.05) is 38.1 Å². The maximum absolute atomic E-state index is 13.8. The second-order valence-electron chi connectivity index (χ2n) is 9.66. The summed E-state index contributed by atoms with van der Waals surface area (Å²) in [5.41, 5.74) is 1.24. The number of rotatable bonds is 10. The topological polar surface area (TPSA) is 113 Å². The molecule has 0 spiro atoms. The van der Waals surface area contributed by atoms with Crippen LogP contribution in [0.5, 0.6) is 5.75 Å². The lowest BCUT2D eigenvalue weighted by Crippen LogP contribution is -2.40. The molecule has 0 radical (unpaired) electrons. The molecule has 0 aliphatic carbocycles. The van der Waals surface area contributed by atoms with Gasteiger partial charge in [0, 0.05) is 6.07 Å². The Morgan fingerprint density at radius 3 is 2.59 bits per heavy atom. The first kappa shape index (κ1) is 28.0. The fourth-order valence-corrected chi connectivity index (χ4v) is 5.25. The number of allylic oxidation sites excluding steroid dienone is 1. The number of thiazole rings is 1. The van der Waals surface area contributed by atoms with Crippen LogP contribution in [-0.2, 0) is 9.53 Å². The van der Waals surface area contributed by atoms with E-state index < -0.39 is 22.5 Å². The highest BCUT2D eigenvalue weighted by molar-refractivity contribution is 7.07. The van der Waals surface area contributed by atoms with E-state index in [0.717, 1.165) is 24.2 Å². The molecule has 9 nitrogen and oxygen atoms in total. The van der Waals surface area contributed by atoms with Crippen molar-refractivity contribution in [2.45, 2.75) is 46.6 Å². The van der Waals surface area contributed by atoms with Crippen LogP contribution in [-0.4, -0.2) is 28.7 Å². The van der Waals surface area contributed by atoms with E-state index in [-0.39, 0.29) is 28.3 Å². The summed E-state index contributed by atoms with van der Waals surface area (Å²) in [5.74, 6) is 0.294. The zero-order chi connectivity index (χ0) is 28.1. The number of unbranched alkanes of at least 4 members (excludes halogenated alkanes) is 1. The van der Waals surface area contributed by atoms with Gasteiger partial charge in [-0.1, -0.05) is 62.8 Å². The number of aromatic nitrogens is 1. The number of nitrogens with zero attached hydrogens (tertiary/aromatic N) is 3. The molecule has 4 rings (SSSR count). The number of fused-ring (bicyclic) bond motifs is 1. The molecule has 1 aliphatic rings. The lowest BCUT2D eigenvalue weighted by atomic mass is 9.96. The van der Waals surface area contributed by atoms with Crippen molar-refractivity contribution < 1.29 is 19.2 Å². The third kappa shape index (κ3) is 6.17. The highest BCUT2D eigenvalue weighted by Gasteiger charge is 2.33. The van der Waals surface area contributed by atoms with Gasteiger partial charge in [0.15, 0.2) is 4.80 Å². The molecule has 10 heteroatoms. The number of carbonyl (C=O) groups is 1. The number of hydrogen-bond donors (Lipinski definition) is 0. The van der Waals surface area contributed by atoms with Gasteiger partial charge in [0.2, 0.25) is 0 Å². The van der Waals surface area contributed by atoms with Crippen LogP contribution in [0.4, 0.5) is 5.69 Å². The van der Waals surface area contributed by atoms with Gasteiger partial charge in [-0.2, -0.15) is 0 Å². The predicted octanol–water partition coefficient (Wildman–Crippen LogP) is 4.52. The van der Waals surface area contributed by atoms with Crippen LogP contribution >= 0.6 is 11.3 Å². The largest absolute Gasteiger partial charge is 0.494 e. The van der Waals surface area contributed by atoms with Crippen molar-refractivity contribution in [2.75, 3.05) is 13.2 Å². The Kier molecular flexibility index (Phi) is 8.75. The molecule has 39 heavy (non-hydrogen) atoms. The molecule has 0 fully saturated rings. The van der Waals surface area contributed by atoms with Crippen LogP contribution in [0, 0.1) is 16.0 Å². The first-order chi connectivity index (χ1) is 18.7. The number of nitro benzene ring substituents is 1. The van der Waals surface area contributed by atoms with Crippen molar-refractivity contribution in [1.29, 1.82) is 0 Å². The third-order valence-corrected chi connectivity index (χ3v) is 7.15. The molecule has 1 aromatic heterocycles. The number of hydrogen-bond acceptors (Lipinski definition) is 8. The van der Waals surface area contributed by atoms with E-state index in [1.165, 1.54) is 16.7 Å². The van der Waals surface area contributed by atoms with E-state index in [1.54, 1.807) is 25.1 Å². The summed E-state index contributed by atoms with van der Waals surface area (Å²) in [6.07, 6.45) is 3.46. The predicted molar refractivity (Wildman–Crippen MR) is 150 cm³/mol.